The lowest BCUT2D eigenvalue weighted by Crippen LogP contribution is -2.46. The first-order valence-corrected chi connectivity index (χ1v) is 6.59. The van der Waals surface area contributed by atoms with Crippen molar-refractivity contribution in [3.05, 3.63) is 35.6 Å². The van der Waals surface area contributed by atoms with Crippen molar-refractivity contribution in [2.45, 2.75) is 37.3 Å². The van der Waals surface area contributed by atoms with E-state index < -0.39 is 55.0 Å². The molecule has 1 N–H and O–H groups in total. The smallest absolute Gasteiger partial charge is 0.251 e. The first kappa shape index (κ1) is 17.1. The molecule has 0 radical (unpaired) electrons. The molecule has 0 unspecified atom stereocenters. The molecule has 3 rings (SSSR count). The summed E-state index contributed by atoms with van der Waals surface area (Å²) >= 11 is 0. The summed E-state index contributed by atoms with van der Waals surface area (Å²) in [5, 5.41) is 0. The van der Waals surface area contributed by atoms with Crippen LogP contribution in [0, 0.1) is 11.7 Å². The van der Waals surface area contributed by atoms with Crippen LogP contribution in [-0.2, 0) is 10.4 Å². The fourth-order valence-electron chi connectivity index (χ4n) is 3.54. The second-order valence-electron chi connectivity index (χ2n) is 5.78. The van der Waals surface area contributed by atoms with Crippen molar-refractivity contribution in [2.24, 2.45) is 5.92 Å². The molecule has 1 aromatic rings. The summed E-state index contributed by atoms with van der Waals surface area (Å²) < 4.78 is 68.5. The molecule has 7 heteroatoms. The maximum atomic E-state index is 14.0. The van der Waals surface area contributed by atoms with Crippen LogP contribution in [0.2, 0.25) is 0 Å². The van der Waals surface area contributed by atoms with Gasteiger partial charge in [-0.15, -0.1) is 0 Å². The summed E-state index contributed by atoms with van der Waals surface area (Å²) in [7, 11) is 0. The van der Waals surface area contributed by atoms with Crippen LogP contribution in [0.25, 0.3) is 0 Å². The molecule has 2 nitrogen and oxygen atoms in total. The Labute approximate surface area is 125 Å². The Morgan fingerprint density at radius 1 is 1.18 bits per heavy atom. The topological polar surface area (TPSA) is 21.3 Å². The average Bonchev–Trinajstić information content (AvgIpc) is 2.89. The molecule has 1 aliphatic carbocycles. The van der Waals surface area contributed by atoms with Gasteiger partial charge in [0.2, 0.25) is 0 Å². The Balaban J connectivity index is 0.00000176. The van der Waals surface area contributed by atoms with Gasteiger partial charge in [-0.05, 0) is 6.07 Å². The van der Waals surface area contributed by atoms with Crippen molar-refractivity contribution in [1.29, 1.82) is 0 Å². The standard InChI is InChI=1S/C14H14F5NO.CH4/c15-7-12-6-13(18,19)5-11(12)14(8-16,20-21-12)9-3-1-2-4-10(9)17;/h1-4,11,20H,5-8H2;1H4/t11-,12-,14+;/m0./s1. The summed E-state index contributed by atoms with van der Waals surface area (Å²) in [5.74, 6) is -5.09. The lowest BCUT2D eigenvalue weighted by molar-refractivity contribution is -0.109. The Morgan fingerprint density at radius 3 is 2.45 bits per heavy atom. The lowest BCUT2D eigenvalue weighted by atomic mass is 9.73. The van der Waals surface area contributed by atoms with Crippen molar-refractivity contribution in [3.63, 3.8) is 0 Å². The van der Waals surface area contributed by atoms with Crippen molar-refractivity contribution >= 4 is 0 Å². The third kappa shape index (κ3) is 2.22. The maximum absolute atomic E-state index is 14.0. The molecule has 1 heterocycles. The van der Waals surface area contributed by atoms with Crippen molar-refractivity contribution in [1.82, 2.24) is 5.48 Å². The molecule has 0 amide bonds. The normalized spacial score (nSPS) is 36.0. The molecule has 1 saturated heterocycles. The monoisotopic (exact) mass is 323 g/mol. The molecule has 1 aliphatic heterocycles. The van der Waals surface area contributed by atoms with Gasteiger partial charge < -0.3 is 0 Å². The van der Waals surface area contributed by atoms with E-state index >= 15 is 0 Å². The van der Waals surface area contributed by atoms with E-state index in [1.807, 2.05) is 0 Å². The number of fused-ring (bicyclic) bond motifs is 1. The molecule has 2 fully saturated rings. The van der Waals surface area contributed by atoms with Crippen LogP contribution in [0.1, 0.15) is 25.8 Å². The molecule has 2 aliphatic rings. The Kier molecular flexibility index (Phi) is 4.25. The number of benzene rings is 1. The fourth-order valence-corrected chi connectivity index (χ4v) is 3.54. The molecular formula is C15H18F5NO. The second-order valence-corrected chi connectivity index (χ2v) is 5.78. The minimum Gasteiger partial charge on any atom is -0.291 e. The van der Waals surface area contributed by atoms with Gasteiger partial charge in [-0.1, -0.05) is 25.6 Å². The summed E-state index contributed by atoms with van der Waals surface area (Å²) in [4.78, 5) is 5.05. The zero-order chi connectivity index (χ0) is 15.3. The maximum Gasteiger partial charge on any atom is 0.251 e. The van der Waals surface area contributed by atoms with E-state index in [2.05, 4.69) is 5.48 Å². The Morgan fingerprint density at radius 2 is 1.86 bits per heavy atom. The number of hydrogen-bond acceptors (Lipinski definition) is 2. The van der Waals surface area contributed by atoms with Gasteiger partial charge in [0.15, 0.2) is 0 Å². The Hall–Kier alpha value is -1.21. The number of nitrogens with one attached hydrogen (secondary N) is 1. The first-order chi connectivity index (χ1) is 9.89. The third-order valence-electron chi connectivity index (χ3n) is 4.52. The lowest BCUT2D eigenvalue weighted by Gasteiger charge is -2.32. The van der Waals surface area contributed by atoms with E-state index in [1.54, 1.807) is 0 Å². The highest BCUT2D eigenvalue weighted by atomic mass is 19.3. The van der Waals surface area contributed by atoms with Gasteiger partial charge in [-0.3, -0.25) is 4.84 Å². The molecule has 0 spiro atoms. The zero-order valence-corrected chi connectivity index (χ0v) is 11.0. The molecule has 22 heavy (non-hydrogen) atoms. The van der Waals surface area contributed by atoms with Gasteiger partial charge >= 0.3 is 0 Å². The summed E-state index contributed by atoms with van der Waals surface area (Å²) in [6.45, 7) is -2.35. The largest absolute Gasteiger partial charge is 0.291 e. The minimum atomic E-state index is -3.16. The molecule has 1 saturated carbocycles. The quantitative estimate of drug-likeness (QED) is 0.852. The number of alkyl halides is 4. The van der Waals surface area contributed by atoms with Crippen molar-refractivity contribution in [3.8, 4) is 0 Å². The van der Waals surface area contributed by atoms with E-state index in [9.17, 15) is 22.0 Å². The number of hydrogen-bond donors (Lipinski definition) is 1. The van der Waals surface area contributed by atoms with E-state index in [1.165, 1.54) is 18.2 Å². The zero-order valence-electron chi connectivity index (χ0n) is 11.0. The van der Waals surface area contributed by atoms with Gasteiger partial charge in [0, 0.05) is 24.3 Å². The number of rotatable bonds is 3. The highest BCUT2D eigenvalue weighted by Gasteiger charge is 2.69. The van der Waals surface area contributed by atoms with Crippen molar-refractivity contribution < 1.29 is 26.8 Å². The van der Waals surface area contributed by atoms with Gasteiger partial charge in [0.05, 0.1) is 0 Å². The van der Waals surface area contributed by atoms with Crippen LogP contribution in [0.5, 0.6) is 0 Å². The predicted octanol–water partition coefficient (Wildman–Crippen LogP) is 3.92. The average molecular weight is 323 g/mol. The van der Waals surface area contributed by atoms with Crippen LogP contribution in [0.3, 0.4) is 0 Å². The SMILES string of the molecule is C.FC[C@@]12CC(F)(F)C[C@@H]1[C@@](CF)(c1ccccc1F)NO2. The van der Waals surface area contributed by atoms with E-state index in [4.69, 9.17) is 4.84 Å². The minimum absolute atomic E-state index is 0. The molecule has 124 valence electrons. The molecule has 0 aromatic heterocycles. The van der Waals surface area contributed by atoms with Gasteiger partial charge in [-0.2, -0.15) is 5.48 Å². The van der Waals surface area contributed by atoms with E-state index in [0.29, 0.717) is 0 Å². The van der Waals surface area contributed by atoms with Gasteiger partial charge in [-0.25, -0.2) is 22.0 Å². The van der Waals surface area contributed by atoms with Crippen LogP contribution < -0.4 is 5.48 Å². The van der Waals surface area contributed by atoms with Crippen LogP contribution in [-0.4, -0.2) is 24.9 Å². The van der Waals surface area contributed by atoms with Crippen LogP contribution in [0.4, 0.5) is 22.0 Å². The molecule has 1 aromatic carbocycles. The number of halogens is 5. The molecular weight excluding hydrogens is 305 g/mol. The van der Waals surface area contributed by atoms with Crippen molar-refractivity contribution in [2.75, 3.05) is 13.3 Å². The summed E-state index contributed by atoms with van der Waals surface area (Å²) in [6, 6.07) is 5.29. The highest BCUT2D eigenvalue weighted by molar-refractivity contribution is 5.31. The summed E-state index contributed by atoms with van der Waals surface area (Å²) in [6.07, 6.45) is -1.59. The predicted molar refractivity (Wildman–Crippen MR) is 71.4 cm³/mol. The summed E-state index contributed by atoms with van der Waals surface area (Å²) in [5.41, 5.74) is -1.42. The van der Waals surface area contributed by atoms with Gasteiger partial charge in [0.25, 0.3) is 5.92 Å². The van der Waals surface area contributed by atoms with Crippen LogP contribution in [0.15, 0.2) is 24.3 Å². The highest BCUT2D eigenvalue weighted by Crippen LogP contribution is 2.58. The molecule has 3 atom stereocenters. The third-order valence-corrected chi connectivity index (χ3v) is 4.52. The fraction of sp³-hybridized carbons (Fsp3) is 0.600. The van der Waals surface area contributed by atoms with Gasteiger partial charge in [0.1, 0.15) is 30.3 Å². The number of hydroxylamine groups is 1. The van der Waals surface area contributed by atoms with Crippen LogP contribution >= 0.6 is 0 Å². The molecule has 0 bridgehead atoms. The first-order valence-electron chi connectivity index (χ1n) is 6.59. The second kappa shape index (κ2) is 5.45. The Bertz CT molecular complexity index is 554. The van der Waals surface area contributed by atoms with E-state index in [0.717, 1.165) is 6.07 Å². The van der Waals surface area contributed by atoms with E-state index in [-0.39, 0.29) is 13.0 Å².